The van der Waals surface area contributed by atoms with Gasteiger partial charge in [-0.05, 0) is 24.5 Å². The maximum absolute atomic E-state index is 12.9. The molecule has 2 fully saturated rings. The van der Waals surface area contributed by atoms with E-state index in [0.717, 1.165) is 22.0 Å². The van der Waals surface area contributed by atoms with E-state index in [0.29, 0.717) is 62.3 Å². The van der Waals surface area contributed by atoms with Crippen LogP contribution < -0.4 is 5.73 Å². The molecule has 0 spiro atoms. The van der Waals surface area contributed by atoms with E-state index in [-0.39, 0.29) is 6.03 Å². The highest BCUT2D eigenvalue weighted by molar-refractivity contribution is 6.00. The van der Waals surface area contributed by atoms with Crippen molar-refractivity contribution in [2.75, 3.05) is 26.2 Å². The van der Waals surface area contributed by atoms with E-state index in [1.165, 1.54) is 6.20 Å². The van der Waals surface area contributed by atoms with Gasteiger partial charge < -0.3 is 20.9 Å². The number of hydrogen-bond acceptors (Lipinski definition) is 5. The van der Waals surface area contributed by atoms with Crippen molar-refractivity contribution >= 4 is 28.2 Å². The summed E-state index contributed by atoms with van der Waals surface area (Å²) in [7, 11) is 0. The fraction of sp³-hybridized carbons (Fsp3) is 0.333. The molecule has 2 saturated heterocycles. The summed E-state index contributed by atoms with van der Waals surface area (Å²) in [5.41, 5.74) is 10.4. The van der Waals surface area contributed by atoms with Crippen molar-refractivity contribution in [2.24, 2.45) is 5.73 Å². The molecule has 2 aliphatic heterocycles. The number of benzene rings is 1. The van der Waals surface area contributed by atoms with Crippen molar-refractivity contribution in [1.29, 1.82) is 10.7 Å². The average molecular weight is 389 g/mol. The van der Waals surface area contributed by atoms with Gasteiger partial charge >= 0.3 is 6.03 Å². The topological polar surface area (TPSA) is 126 Å². The van der Waals surface area contributed by atoms with Gasteiger partial charge in [-0.25, -0.2) is 4.79 Å². The molecular weight excluding hydrogens is 366 g/mol. The number of fused-ring (bicyclic) bond motifs is 1. The minimum Gasteiger partial charge on any atom is -0.404 e. The molecule has 0 bridgehead atoms. The van der Waals surface area contributed by atoms with Crippen LogP contribution in [-0.2, 0) is 0 Å². The van der Waals surface area contributed by atoms with Crippen molar-refractivity contribution in [3.05, 3.63) is 47.3 Å². The minimum atomic E-state index is -0.0219. The number of allylic oxidation sites excluding steroid dienone is 1. The normalized spacial score (nSPS) is 18.9. The molecule has 2 amide bonds. The fourth-order valence-corrected chi connectivity index (χ4v) is 4.04. The van der Waals surface area contributed by atoms with Crippen LogP contribution >= 0.6 is 0 Å². The Morgan fingerprint density at radius 3 is 2.72 bits per heavy atom. The second-order valence-electron chi connectivity index (χ2n) is 7.34. The molecule has 2 aliphatic rings. The summed E-state index contributed by atoms with van der Waals surface area (Å²) in [6.07, 6.45) is 5.05. The number of hydrogen-bond donors (Lipinski definition) is 3. The number of likely N-dealkylation sites (tertiary alicyclic amines) is 2. The summed E-state index contributed by atoms with van der Waals surface area (Å²) in [5, 5.41) is 25.7. The van der Waals surface area contributed by atoms with Crippen LogP contribution in [0.4, 0.5) is 4.79 Å². The molecule has 2 aromatic rings. The van der Waals surface area contributed by atoms with Crippen molar-refractivity contribution in [2.45, 2.75) is 19.3 Å². The molecule has 29 heavy (non-hydrogen) atoms. The zero-order valence-electron chi connectivity index (χ0n) is 16.1. The molecule has 1 aromatic heterocycles. The third-order valence-electron chi connectivity index (χ3n) is 5.71. The van der Waals surface area contributed by atoms with Crippen LogP contribution in [0, 0.1) is 16.7 Å². The lowest BCUT2D eigenvalue weighted by Gasteiger charge is -2.36. The number of nitrogens with two attached hydrogens (primary N) is 1. The second kappa shape index (κ2) is 7.80. The maximum Gasteiger partial charge on any atom is 0.320 e. The number of carbonyl (C=O) groups excluding carboxylic acids is 1. The zero-order chi connectivity index (χ0) is 20.4. The van der Waals surface area contributed by atoms with Gasteiger partial charge in [0.25, 0.3) is 0 Å². The lowest BCUT2D eigenvalue weighted by molar-refractivity contribution is 0.153. The van der Waals surface area contributed by atoms with E-state index in [2.05, 4.69) is 16.3 Å². The van der Waals surface area contributed by atoms with Crippen molar-refractivity contribution < 1.29 is 4.79 Å². The number of nitriles is 1. The summed E-state index contributed by atoms with van der Waals surface area (Å²) in [6, 6.07) is 8.16. The maximum atomic E-state index is 12.9. The van der Waals surface area contributed by atoms with Gasteiger partial charge in [0.05, 0.1) is 29.9 Å². The van der Waals surface area contributed by atoms with Crippen LogP contribution in [0.2, 0.25) is 0 Å². The largest absolute Gasteiger partial charge is 0.404 e. The molecule has 148 valence electrons. The molecule has 8 heteroatoms. The summed E-state index contributed by atoms with van der Waals surface area (Å²) in [5.74, 6) is 0. The smallest absolute Gasteiger partial charge is 0.320 e. The van der Waals surface area contributed by atoms with Crippen LogP contribution in [0.5, 0.6) is 0 Å². The Hall–Kier alpha value is -3.60. The van der Waals surface area contributed by atoms with E-state index in [9.17, 15) is 10.1 Å². The predicted octanol–water partition coefficient (Wildman–Crippen LogP) is 2.62. The number of carbonyl (C=O) groups is 1. The number of aromatic amines is 1. The Kier molecular flexibility index (Phi) is 5.04. The molecule has 8 nitrogen and oxygen atoms in total. The molecule has 3 heterocycles. The van der Waals surface area contributed by atoms with E-state index in [1.54, 1.807) is 11.1 Å². The second-order valence-corrected chi connectivity index (χ2v) is 7.34. The number of urea groups is 1. The fourth-order valence-electron chi connectivity index (χ4n) is 4.04. The van der Waals surface area contributed by atoms with Gasteiger partial charge in [0, 0.05) is 54.5 Å². The highest BCUT2D eigenvalue weighted by Crippen LogP contribution is 2.31. The van der Waals surface area contributed by atoms with Gasteiger partial charge in [0.1, 0.15) is 0 Å². The first kappa shape index (κ1) is 18.7. The summed E-state index contributed by atoms with van der Waals surface area (Å²) < 4.78 is 0. The van der Waals surface area contributed by atoms with Crippen molar-refractivity contribution in [3.8, 4) is 6.07 Å². The Bertz CT molecular complexity index is 1060. The monoisotopic (exact) mass is 389 g/mol. The SMILES string of the molecule is N#CC(=C1CCN(C(=O)N2CCC(=N)/C(=C\N)C2)CC1)c1cccc2[nH]ncc12. The number of amides is 2. The Morgan fingerprint density at radius 1 is 1.24 bits per heavy atom. The standard InChI is InChI=1S/C21H23N7O/c22-10-15-13-28(9-6-19(15)24)21(29)27-7-4-14(5-8-27)17(11-23)16-2-1-3-20-18(16)12-25-26-20/h1-3,10,12,24H,4-9,13,22H2,(H,25,26)/b15-10-,24-19?. The Morgan fingerprint density at radius 2 is 2.00 bits per heavy atom. The predicted molar refractivity (Wildman–Crippen MR) is 111 cm³/mol. The van der Waals surface area contributed by atoms with Crippen LogP contribution in [0.3, 0.4) is 0 Å². The minimum absolute atomic E-state index is 0.0219. The number of piperidine rings is 2. The zero-order valence-corrected chi connectivity index (χ0v) is 16.1. The van der Waals surface area contributed by atoms with Gasteiger partial charge in [-0.2, -0.15) is 10.4 Å². The van der Waals surface area contributed by atoms with E-state index in [1.807, 2.05) is 23.1 Å². The summed E-state index contributed by atoms with van der Waals surface area (Å²) in [6.45, 7) is 2.09. The first-order chi connectivity index (χ1) is 14.1. The number of aromatic nitrogens is 2. The lowest BCUT2D eigenvalue weighted by atomic mass is 9.92. The molecule has 0 radical (unpaired) electrons. The molecule has 0 aliphatic carbocycles. The van der Waals surface area contributed by atoms with Crippen LogP contribution in [0.1, 0.15) is 24.8 Å². The third-order valence-corrected chi connectivity index (χ3v) is 5.71. The highest BCUT2D eigenvalue weighted by atomic mass is 16.2. The number of rotatable bonds is 1. The average Bonchev–Trinajstić information content (AvgIpc) is 3.24. The van der Waals surface area contributed by atoms with Gasteiger partial charge in [-0.3, -0.25) is 5.10 Å². The van der Waals surface area contributed by atoms with Gasteiger partial charge in [-0.15, -0.1) is 0 Å². The molecule has 0 unspecified atom stereocenters. The van der Waals surface area contributed by atoms with Gasteiger partial charge in [0.15, 0.2) is 0 Å². The molecule has 0 atom stereocenters. The quantitative estimate of drug-likeness (QED) is 0.648. The van der Waals surface area contributed by atoms with Gasteiger partial charge in [-0.1, -0.05) is 12.1 Å². The van der Waals surface area contributed by atoms with Crippen LogP contribution in [0.15, 0.2) is 41.7 Å². The molecule has 4 rings (SSSR count). The van der Waals surface area contributed by atoms with E-state index >= 15 is 0 Å². The highest BCUT2D eigenvalue weighted by Gasteiger charge is 2.29. The van der Waals surface area contributed by atoms with Crippen molar-refractivity contribution in [1.82, 2.24) is 20.0 Å². The molecule has 1 aromatic carbocycles. The molecular formula is C21H23N7O. The number of H-pyrrole nitrogens is 1. The van der Waals surface area contributed by atoms with Gasteiger partial charge in [0.2, 0.25) is 0 Å². The van der Waals surface area contributed by atoms with E-state index in [4.69, 9.17) is 11.1 Å². The summed E-state index contributed by atoms with van der Waals surface area (Å²) in [4.78, 5) is 16.5. The first-order valence-electron chi connectivity index (χ1n) is 9.69. The third kappa shape index (κ3) is 3.47. The van der Waals surface area contributed by atoms with Crippen LogP contribution in [-0.4, -0.2) is 57.9 Å². The molecule has 0 saturated carbocycles. The Labute approximate surface area is 168 Å². The lowest BCUT2D eigenvalue weighted by Crippen LogP contribution is -2.49. The van der Waals surface area contributed by atoms with Crippen LogP contribution in [0.25, 0.3) is 16.5 Å². The van der Waals surface area contributed by atoms with E-state index < -0.39 is 0 Å². The number of nitrogens with one attached hydrogen (secondary N) is 2. The van der Waals surface area contributed by atoms with Crippen molar-refractivity contribution in [3.63, 3.8) is 0 Å². The first-order valence-corrected chi connectivity index (χ1v) is 9.69. The number of nitrogens with zero attached hydrogens (tertiary/aromatic N) is 4. The molecule has 4 N–H and O–H groups in total. The summed E-state index contributed by atoms with van der Waals surface area (Å²) >= 11 is 0. The Balaban J connectivity index is 1.50.